The summed E-state index contributed by atoms with van der Waals surface area (Å²) in [6.45, 7) is 0.200. The zero-order chi connectivity index (χ0) is 15.9. The van der Waals surface area contributed by atoms with Crippen LogP contribution in [0.3, 0.4) is 0 Å². The van der Waals surface area contributed by atoms with Crippen LogP contribution in [-0.2, 0) is 0 Å². The van der Waals surface area contributed by atoms with Gasteiger partial charge in [-0.2, -0.15) is 0 Å². The molecule has 2 saturated heterocycles. The topological polar surface area (TPSA) is 43.8 Å². The molecule has 3 rings (SSSR count). The van der Waals surface area contributed by atoms with Gasteiger partial charge in [0, 0.05) is 42.2 Å². The molecule has 1 aromatic rings. The number of nitrogens with zero attached hydrogens (tertiary/aromatic N) is 2. The van der Waals surface area contributed by atoms with Crippen LogP contribution in [0.1, 0.15) is 16.8 Å². The maximum Gasteiger partial charge on any atom is 0.262 e. The lowest BCUT2D eigenvalue weighted by Crippen LogP contribution is -2.62. The van der Waals surface area contributed by atoms with Crippen molar-refractivity contribution >= 4 is 17.5 Å². The Morgan fingerprint density at radius 2 is 1.95 bits per heavy atom. The van der Waals surface area contributed by atoms with Crippen LogP contribution >= 0.6 is 11.6 Å². The molecule has 22 heavy (non-hydrogen) atoms. The van der Waals surface area contributed by atoms with E-state index in [1.165, 1.54) is 0 Å². The maximum atomic E-state index is 13.5. The van der Waals surface area contributed by atoms with Gasteiger partial charge in [-0.05, 0) is 24.3 Å². The van der Waals surface area contributed by atoms with Crippen molar-refractivity contribution in [3.05, 3.63) is 34.9 Å². The molecule has 120 valence electrons. The Kier molecular flexibility index (Phi) is 4.09. The van der Waals surface area contributed by atoms with E-state index in [0.717, 1.165) is 0 Å². The number of halogens is 3. The van der Waals surface area contributed by atoms with Gasteiger partial charge in [-0.3, -0.25) is 9.69 Å². The molecule has 2 fully saturated rings. The first kappa shape index (κ1) is 15.6. The summed E-state index contributed by atoms with van der Waals surface area (Å²) in [6.07, 6.45) is -0.314. The van der Waals surface area contributed by atoms with Crippen LogP contribution in [0.15, 0.2) is 24.3 Å². The first-order valence-electron chi connectivity index (χ1n) is 7.19. The summed E-state index contributed by atoms with van der Waals surface area (Å²) >= 11 is 5.79. The second-order valence-electron chi connectivity index (χ2n) is 5.94. The second-order valence-corrected chi connectivity index (χ2v) is 6.38. The van der Waals surface area contributed by atoms with Crippen molar-refractivity contribution in [2.75, 3.05) is 26.2 Å². The largest absolute Gasteiger partial charge is 0.395 e. The van der Waals surface area contributed by atoms with Gasteiger partial charge in [-0.25, -0.2) is 8.78 Å². The van der Waals surface area contributed by atoms with Crippen molar-refractivity contribution in [1.29, 1.82) is 0 Å². The number of aliphatic hydroxyl groups excluding tert-OH is 1. The van der Waals surface area contributed by atoms with Gasteiger partial charge in [0.05, 0.1) is 13.2 Å². The maximum absolute atomic E-state index is 13.5. The molecule has 0 spiro atoms. The third kappa shape index (κ3) is 2.95. The van der Waals surface area contributed by atoms with Crippen LogP contribution in [0, 0.1) is 0 Å². The third-order valence-corrected chi connectivity index (χ3v) is 4.59. The number of carbonyl (C=O) groups excluding carboxylic acids is 1. The molecule has 1 N–H and O–H groups in total. The predicted octanol–water partition coefficient (Wildman–Crippen LogP) is 1.87. The summed E-state index contributed by atoms with van der Waals surface area (Å²) in [5, 5.41) is 9.81. The van der Waals surface area contributed by atoms with Crippen molar-refractivity contribution in [3.63, 3.8) is 0 Å². The standard InChI is InChI=1S/C15H17ClF2N2O2/c16-11-3-1-10(2-4-11)14(22)19-6-13(7-19)20-9-15(17,18)5-12(20)8-21/h1-4,12-13,21H,5-9H2/t12-/m0/s1. The number of carbonyl (C=O) groups is 1. The number of likely N-dealkylation sites (tertiary alicyclic amines) is 2. The van der Waals surface area contributed by atoms with Crippen molar-refractivity contribution in [1.82, 2.24) is 9.80 Å². The zero-order valence-corrected chi connectivity index (χ0v) is 12.6. The van der Waals surface area contributed by atoms with E-state index in [1.54, 1.807) is 34.1 Å². The molecule has 2 aliphatic heterocycles. The van der Waals surface area contributed by atoms with E-state index in [1.807, 2.05) is 0 Å². The Balaban J connectivity index is 1.60. The average molecular weight is 331 g/mol. The first-order valence-corrected chi connectivity index (χ1v) is 7.57. The molecular weight excluding hydrogens is 314 g/mol. The fourth-order valence-electron chi connectivity index (χ4n) is 3.13. The van der Waals surface area contributed by atoms with E-state index in [2.05, 4.69) is 0 Å². The summed E-state index contributed by atoms with van der Waals surface area (Å²) in [4.78, 5) is 15.5. The highest BCUT2D eigenvalue weighted by Crippen LogP contribution is 2.35. The van der Waals surface area contributed by atoms with Crippen molar-refractivity contribution in [2.45, 2.75) is 24.4 Å². The number of hydrogen-bond acceptors (Lipinski definition) is 3. The lowest BCUT2D eigenvalue weighted by atomic mass is 10.0. The van der Waals surface area contributed by atoms with Gasteiger partial charge >= 0.3 is 0 Å². The third-order valence-electron chi connectivity index (χ3n) is 4.34. The number of amides is 1. The number of alkyl halides is 2. The monoisotopic (exact) mass is 330 g/mol. The molecule has 0 aromatic heterocycles. The van der Waals surface area contributed by atoms with Crippen LogP contribution in [-0.4, -0.2) is 65.1 Å². The molecule has 0 bridgehead atoms. The molecule has 0 unspecified atom stereocenters. The number of benzene rings is 1. The van der Waals surface area contributed by atoms with E-state index in [4.69, 9.17) is 11.6 Å². The SMILES string of the molecule is O=C(c1ccc(Cl)cc1)N1CC(N2CC(F)(F)C[C@H]2CO)C1. The van der Waals surface area contributed by atoms with E-state index < -0.39 is 12.0 Å². The van der Waals surface area contributed by atoms with Crippen molar-refractivity contribution in [2.24, 2.45) is 0 Å². The average Bonchev–Trinajstić information content (AvgIpc) is 2.73. The van der Waals surface area contributed by atoms with Gasteiger partial charge in [0.15, 0.2) is 0 Å². The highest BCUT2D eigenvalue weighted by molar-refractivity contribution is 6.30. The fourth-order valence-corrected chi connectivity index (χ4v) is 3.25. The van der Waals surface area contributed by atoms with E-state index in [-0.39, 0.29) is 31.5 Å². The second kappa shape index (κ2) is 5.76. The summed E-state index contributed by atoms with van der Waals surface area (Å²) in [7, 11) is 0. The molecule has 7 heteroatoms. The molecule has 1 atom stereocenters. The molecular formula is C15H17ClF2N2O2. The fraction of sp³-hybridized carbons (Fsp3) is 0.533. The smallest absolute Gasteiger partial charge is 0.262 e. The van der Waals surface area contributed by atoms with Gasteiger partial charge in [0.25, 0.3) is 11.8 Å². The van der Waals surface area contributed by atoms with Crippen molar-refractivity contribution < 1.29 is 18.7 Å². The summed E-state index contributed by atoms with van der Waals surface area (Å²) in [5.74, 6) is -2.88. The molecule has 2 heterocycles. The molecule has 0 saturated carbocycles. The summed E-state index contributed by atoms with van der Waals surface area (Å²) in [5.41, 5.74) is 0.535. The Labute approximate surface area is 132 Å². The van der Waals surface area contributed by atoms with E-state index >= 15 is 0 Å². The lowest BCUT2D eigenvalue weighted by Gasteiger charge is -2.45. The Morgan fingerprint density at radius 3 is 2.55 bits per heavy atom. The van der Waals surface area contributed by atoms with Gasteiger partial charge in [-0.15, -0.1) is 0 Å². The van der Waals surface area contributed by atoms with Crippen LogP contribution < -0.4 is 0 Å². The minimum atomic E-state index is -2.76. The van der Waals surface area contributed by atoms with Gasteiger partial charge in [0.2, 0.25) is 0 Å². The normalized spacial score (nSPS) is 25.3. The molecule has 1 aromatic carbocycles. The molecule has 0 radical (unpaired) electrons. The van der Waals surface area contributed by atoms with Crippen LogP contribution in [0.25, 0.3) is 0 Å². The zero-order valence-electron chi connectivity index (χ0n) is 11.9. The highest BCUT2D eigenvalue weighted by atomic mass is 35.5. The predicted molar refractivity (Wildman–Crippen MR) is 78.3 cm³/mol. The number of aliphatic hydroxyl groups is 1. The quantitative estimate of drug-likeness (QED) is 0.920. The highest BCUT2D eigenvalue weighted by Gasteiger charge is 2.49. The van der Waals surface area contributed by atoms with Crippen LogP contribution in [0.4, 0.5) is 8.78 Å². The Hall–Kier alpha value is -1.24. The Bertz CT molecular complexity index is 561. The molecule has 2 aliphatic rings. The molecule has 0 aliphatic carbocycles. The summed E-state index contributed by atoms with van der Waals surface area (Å²) in [6, 6.07) is 5.97. The molecule has 4 nitrogen and oxygen atoms in total. The van der Waals surface area contributed by atoms with Crippen LogP contribution in [0.5, 0.6) is 0 Å². The summed E-state index contributed by atoms with van der Waals surface area (Å²) < 4.78 is 26.9. The van der Waals surface area contributed by atoms with E-state index in [9.17, 15) is 18.7 Å². The van der Waals surface area contributed by atoms with Crippen LogP contribution in [0.2, 0.25) is 5.02 Å². The number of rotatable bonds is 3. The van der Waals surface area contributed by atoms with Gasteiger partial charge < -0.3 is 10.0 Å². The molecule has 1 amide bonds. The van der Waals surface area contributed by atoms with Gasteiger partial charge in [0.1, 0.15) is 0 Å². The van der Waals surface area contributed by atoms with Crippen molar-refractivity contribution in [3.8, 4) is 0 Å². The Morgan fingerprint density at radius 1 is 1.32 bits per heavy atom. The minimum Gasteiger partial charge on any atom is -0.395 e. The first-order chi connectivity index (χ1) is 10.4. The van der Waals surface area contributed by atoms with E-state index in [0.29, 0.717) is 23.7 Å². The lowest BCUT2D eigenvalue weighted by molar-refractivity contribution is -0.0125. The van der Waals surface area contributed by atoms with Gasteiger partial charge in [-0.1, -0.05) is 11.6 Å². The number of hydrogen-bond donors (Lipinski definition) is 1. The minimum absolute atomic E-state index is 0.109.